The van der Waals surface area contributed by atoms with Gasteiger partial charge in [-0.25, -0.2) is 4.39 Å². The van der Waals surface area contributed by atoms with Crippen molar-refractivity contribution in [3.8, 4) is 5.75 Å². The molecule has 0 fully saturated rings. The van der Waals surface area contributed by atoms with Gasteiger partial charge in [-0.05, 0) is 22.0 Å². The van der Waals surface area contributed by atoms with Crippen LogP contribution in [0.4, 0.5) is 4.39 Å². The molecule has 1 aromatic carbocycles. The van der Waals surface area contributed by atoms with Gasteiger partial charge in [-0.3, -0.25) is 0 Å². The van der Waals surface area contributed by atoms with E-state index in [1.54, 1.807) is 0 Å². The molecule has 1 nitrogen and oxygen atoms in total. The van der Waals surface area contributed by atoms with Gasteiger partial charge in [0.1, 0.15) is 11.6 Å². The fourth-order valence-corrected chi connectivity index (χ4v) is 1.54. The Morgan fingerprint density at radius 3 is 2.75 bits per heavy atom. The third-order valence-electron chi connectivity index (χ3n) is 1.18. The van der Waals surface area contributed by atoms with Gasteiger partial charge >= 0.3 is 0 Å². The summed E-state index contributed by atoms with van der Waals surface area (Å²) in [6.45, 7) is 0. The minimum atomic E-state index is -0.528. The van der Waals surface area contributed by atoms with Gasteiger partial charge in [0.2, 0.25) is 0 Å². The summed E-state index contributed by atoms with van der Waals surface area (Å²) in [5.74, 6) is -0.188. The molecular formula is C7H4BrCl2FO. The van der Waals surface area contributed by atoms with E-state index in [4.69, 9.17) is 27.9 Å². The van der Waals surface area contributed by atoms with Gasteiger partial charge in [0, 0.05) is 6.07 Å². The number of rotatable bonds is 2. The number of hydrogen-bond acceptors (Lipinski definition) is 1. The van der Waals surface area contributed by atoms with Crippen LogP contribution < -0.4 is 4.74 Å². The Labute approximate surface area is 87.5 Å². The van der Waals surface area contributed by atoms with Crippen molar-refractivity contribution in [1.82, 2.24) is 0 Å². The van der Waals surface area contributed by atoms with Crippen molar-refractivity contribution >= 4 is 39.1 Å². The summed E-state index contributed by atoms with van der Waals surface area (Å²) in [6.07, 6.45) is 0. The van der Waals surface area contributed by atoms with Gasteiger partial charge in [0.05, 0.1) is 9.50 Å². The maximum atomic E-state index is 12.8. The molecule has 0 saturated heterocycles. The molecule has 0 atom stereocenters. The molecule has 0 aliphatic rings. The fraction of sp³-hybridized carbons (Fsp3) is 0.143. The molecule has 0 radical (unpaired) electrons. The Balaban J connectivity index is 3.05. The van der Waals surface area contributed by atoms with Gasteiger partial charge in [-0.15, -0.1) is 0 Å². The van der Waals surface area contributed by atoms with E-state index in [9.17, 15) is 4.39 Å². The number of ether oxygens (including phenoxy) is 1. The molecule has 66 valence electrons. The number of benzene rings is 1. The Bertz CT molecular complexity index is 293. The predicted molar refractivity (Wildman–Crippen MR) is 50.5 cm³/mol. The molecule has 0 heterocycles. The summed E-state index contributed by atoms with van der Waals surface area (Å²) in [7, 11) is 0. The van der Waals surface area contributed by atoms with Crippen LogP contribution in [0.3, 0.4) is 0 Å². The Morgan fingerprint density at radius 1 is 1.50 bits per heavy atom. The standard InChI is InChI=1S/C7H4BrCl2FO/c8-4-1-5(10)6(11)2-7(4)12-3-9/h1-2H,3H2. The van der Waals surface area contributed by atoms with Crippen LogP contribution in [0.15, 0.2) is 16.6 Å². The van der Waals surface area contributed by atoms with E-state index >= 15 is 0 Å². The molecule has 1 aromatic rings. The van der Waals surface area contributed by atoms with Crippen molar-refractivity contribution in [1.29, 1.82) is 0 Å². The third kappa shape index (κ3) is 2.25. The predicted octanol–water partition coefficient (Wildman–Crippen LogP) is 3.82. The Kier molecular flexibility index (Phi) is 3.62. The second-order valence-corrected chi connectivity index (χ2v) is 3.43. The lowest BCUT2D eigenvalue weighted by molar-refractivity contribution is 0.382. The summed E-state index contributed by atoms with van der Waals surface area (Å²) < 4.78 is 18.3. The lowest BCUT2D eigenvalue weighted by Gasteiger charge is -2.04. The Hall–Kier alpha value is 0.01000. The molecule has 12 heavy (non-hydrogen) atoms. The summed E-state index contributed by atoms with van der Waals surface area (Å²) in [5.41, 5.74) is 0. The van der Waals surface area contributed by atoms with Gasteiger partial charge in [0.15, 0.2) is 6.07 Å². The summed E-state index contributed by atoms with van der Waals surface area (Å²) >= 11 is 13.9. The van der Waals surface area contributed by atoms with Crippen molar-refractivity contribution in [2.45, 2.75) is 0 Å². The zero-order chi connectivity index (χ0) is 9.14. The summed E-state index contributed by atoms with van der Waals surface area (Å²) in [4.78, 5) is 0. The monoisotopic (exact) mass is 272 g/mol. The maximum Gasteiger partial charge on any atom is 0.162 e. The lowest BCUT2D eigenvalue weighted by atomic mass is 10.3. The van der Waals surface area contributed by atoms with E-state index in [2.05, 4.69) is 15.9 Å². The van der Waals surface area contributed by atoms with Gasteiger partial charge in [-0.2, -0.15) is 0 Å². The van der Waals surface area contributed by atoms with Crippen LogP contribution in [0, 0.1) is 5.82 Å². The number of alkyl halides is 1. The lowest BCUT2D eigenvalue weighted by Crippen LogP contribution is -1.91. The third-order valence-corrected chi connectivity index (χ3v) is 2.20. The summed E-state index contributed by atoms with van der Waals surface area (Å²) in [6, 6.07) is 2.56. The largest absolute Gasteiger partial charge is 0.477 e. The quantitative estimate of drug-likeness (QED) is 0.588. The summed E-state index contributed by atoms with van der Waals surface area (Å²) in [5, 5.41) is 0.0452. The molecular weight excluding hydrogens is 270 g/mol. The molecule has 0 N–H and O–H groups in total. The molecule has 0 aromatic heterocycles. The molecule has 1 rings (SSSR count). The smallest absolute Gasteiger partial charge is 0.162 e. The average Bonchev–Trinajstić information content (AvgIpc) is 2.01. The molecule has 0 aliphatic heterocycles. The van der Waals surface area contributed by atoms with Crippen LogP contribution in [0.25, 0.3) is 0 Å². The highest BCUT2D eigenvalue weighted by Gasteiger charge is 2.06. The highest BCUT2D eigenvalue weighted by atomic mass is 79.9. The normalized spacial score (nSPS) is 10.0. The molecule has 0 unspecified atom stereocenters. The maximum absolute atomic E-state index is 12.8. The first-order chi connectivity index (χ1) is 5.65. The highest BCUT2D eigenvalue weighted by molar-refractivity contribution is 9.10. The minimum Gasteiger partial charge on any atom is -0.477 e. The van der Waals surface area contributed by atoms with Crippen LogP contribution >= 0.6 is 39.1 Å². The molecule has 0 amide bonds. The van der Waals surface area contributed by atoms with E-state index in [0.717, 1.165) is 0 Å². The molecule has 0 bridgehead atoms. The SMILES string of the molecule is Fc1cc(OCCl)c(Br)cc1Cl. The van der Waals surface area contributed by atoms with Crippen LogP contribution in [0.5, 0.6) is 5.75 Å². The van der Waals surface area contributed by atoms with Crippen molar-refractivity contribution in [2.24, 2.45) is 0 Å². The van der Waals surface area contributed by atoms with Crippen molar-refractivity contribution in [3.05, 3.63) is 27.4 Å². The van der Waals surface area contributed by atoms with Crippen molar-refractivity contribution < 1.29 is 9.13 Å². The van der Waals surface area contributed by atoms with Crippen LogP contribution in [0.1, 0.15) is 0 Å². The van der Waals surface area contributed by atoms with Gasteiger partial charge < -0.3 is 4.74 Å². The Morgan fingerprint density at radius 2 is 2.17 bits per heavy atom. The second-order valence-electron chi connectivity index (χ2n) is 1.95. The average molecular weight is 274 g/mol. The number of hydrogen-bond donors (Lipinski definition) is 0. The second kappa shape index (κ2) is 4.30. The fourth-order valence-electron chi connectivity index (χ4n) is 0.674. The van der Waals surface area contributed by atoms with Crippen LogP contribution in [-0.2, 0) is 0 Å². The molecule has 0 saturated carbocycles. The van der Waals surface area contributed by atoms with Crippen molar-refractivity contribution in [2.75, 3.05) is 6.07 Å². The van der Waals surface area contributed by atoms with E-state index in [1.807, 2.05) is 0 Å². The van der Waals surface area contributed by atoms with E-state index < -0.39 is 5.82 Å². The zero-order valence-electron chi connectivity index (χ0n) is 5.78. The van der Waals surface area contributed by atoms with Crippen molar-refractivity contribution in [3.63, 3.8) is 0 Å². The van der Waals surface area contributed by atoms with E-state index in [1.165, 1.54) is 12.1 Å². The minimum absolute atomic E-state index is 0.0281. The first kappa shape index (κ1) is 10.1. The van der Waals surface area contributed by atoms with E-state index in [0.29, 0.717) is 10.2 Å². The molecule has 0 spiro atoms. The highest BCUT2D eigenvalue weighted by Crippen LogP contribution is 2.30. The molecule has 5 heteroatoms. The van der Waals surface area contributed by atoms with E-state index in [-0.39, 0.29) is 11.1 Å². The van der Waals surface area contributed by atoms with Gasteiger partial charge in [-0.1, -0.05) is 23.2 Å². The molecule has 0 aliphatic carbocycles. The number of halogens is 4. The van der Waals surface area contributed by atoms with Crippen LogP contribution in [0.2, 0.25) is 5.02 Å². The topological polar surface area (TPSA) is 9.23 Å². The van der Waals surface area contributed by atoms with Crippen LogP contribution in [-0.4, -0.2) is 6.07 Å². The van der Waals surface area contributed by atoms with Gasteiger partial charge in [0.25, 0.3) is 0 Å². The zero-order valence-corrected chi connectivity index (χ0v) is 8.88. The first-order valence-electron chi connectivity index (χ1n) is 2.98. The first-order valence-corrected chi connectivity index (χ1v) is 4.69.